The third-order valence-electron chi connectivity index (χ3n) is 5.79. The number of rotatable bonds is 7. The van der Waals surface area contributed by atoms with Crippen molar-refractivity contribution in [3.05, 3.63) is 23.8 Å². The summed E-state index contributed by atoms with van der Waals surface area (Å²) in [6, 6.07) is 5.14. The van der Waals surface area contributed by atoms with Crippen LogP contribution in [0.2, 0.25) is 0 Å². The molecule has 2 aliphatic rings. The number of nitrogens with zero attached hydrogens (tertiary/aromatic N) is 3. The molecule has 0 atom stereocenters. The van der Waals surface area contributed by atoms with E-state index in [9.17, 15) is 19.5 Å². The van der Waals surface area contributed by atoms with E-state index in [0.717, 1.165) is 57.8 Å². The van der Waals surface area contributed by atoms with E-state index >= 15 is 0 Å². The van der Waals surface area contributed by atoms with Gasteiger partial charge in [0.2, 0.25) is 11.8 Å². The maximum atomic E-state index is 12.5. The standard InChI is InChI=1S/C22H32N4O4/c1-2-6-20(27)23-19-8-7-17(15-18(19)22(29)30)25-13-11-24(12-14-25)16-21(28)26-9-4-3-5-10-26/h7-8,15H,2-6,9-14,16H2,1H3,(H,23,27)(H,29,30). The number of benzene rings is 1. The number of hydrogen-bond donors (Lipinski definition) is 2. The highest BCUT2D eigenvalue weighted by Crippen LogP contribution is 2.25. The third kappa shape index (κ3) is 5.72. The summed E-state index contributed by atoms with van der Waals surface area (Å²) in [6.07, 6.45) is 4.47. The van der Waals surface area contributed by atoms with E-state index in [1.807, 2.05) is 17.9 Å². The maximum absolute atomic E-state index is 12.5. The number of piperazine rings is 1. The Morgan fingerprint density at radius 2 is 1.70 bits per heavy atom. The Kier molecular flexibility index (Phi) is 7.68. The Balaban J connectivity index is 1.58. The van der Waals surface area contributed by atoms with Crippen LogP contribution in [0, 0.1) is 0 Å². The lowest BCUT2D eigenvalue weighted by Gasteiger charge is -2.37. The Morgan fingerprint density at radius 3 is 2.33 bits per heavy atom. The van der Waals surface area contributed by atoms with Crippen LogP contribution < -0.4 is 10.2 Å². The molecule has 0 spiro atoms. The van der Waals surface area contributed by atoms with Crippen LogP contribution in [-0.4, -0.2) is 78.5 Å². The molecular formula is C22H32N4O4. The van der Waals surface area contributed by atoms with Crippen molar-refractivity contribution in [3.63, 3.8) is 0 Å². The van der Waals surface area contributed by atoms with E-state index in [1.165, 1.54) is 6.42 Å². The van der Waals surface area contributed by atoms with Crippen LogP contribution in [0.1, 0.15) is 49.4 Å². The first-order valence-electron chi connectivity index (χ1n) is 10.9. The SMILES string of the molecule is CCCC(=O)Nc1ccc(N2CCN(CC(=O)N3CCCCC3)CC2)cc1C(=O)O. The number of nitrogens with one attached hydrogen (secondary N) is 1. The number of carboxylic acids is 1. The van der Waals surface area contributed by atoms with E-state index in [2.05, 4.69) is 15.1 Å². The Bertz CT molecular complexity index is 768. The zero-order chi connectivity index (χ0) is 21.5. The summed E-state index contributed by atoms with van der Waals surface area (Å²) < 4.78 is 0. The molecule has 1 aromatic rings. The van der Waals surface area contributed by atoms with Crippen LogP contribution in [0.4, 0.5) is 11.4 Å². The number of piperidine rings is 1. The highest BCUT2D eigenvalue weighted by Gasteiger charge is 2.24. The number of aromatic carboxylic acids is 1. The summed E-state index contributed by atoms with van der Waals surface area (Å²) >= 11 is 0. The Labute approximate surface area is 177 Å². The molecule has 164 valence electrons. The fraction of sp³-hybridized carbons (Fsp3) is 0.591. The Hall–Kier alpha value is -2.61. The second-order valence-corrected chi connectivity index (χ2v) is 8.04. The van der Waals surface area contributed by atoms with Crippen LogP contribution in [0.15, 0.2) is 18.2 Å². The van der Waals surface area contributed by atoms with E-state index in [4.69, 9.17) is 0 Å². The fourth-order valence-electron chi connectivity index (χ4n) is 4.05. The lowest BCUT2D eigenvalue weighted by molar-refractivity contribution is -0.133. The summed E-state index contributed by atoms with van der Waals surface area (Å²) in [5.74, 6) is -1.03. The van der Waals surface area contributed by atoms with Gasteiger partial charge < -0.3 is 20.2 Å². The smallest absolute Gasteiger partial charge is 0.337 e. The second-order valence-electron chi connectivity index (χ2n) is 8.04. The molecule has 2 aliphatic heterocycles. The van der Waals surface area contributed by atoms with Gasteiger partial charge in [0.15, 0.2) is 0 Å². The molecule has 30 heavy (non-hydrogen) atoms. The lowest BCUT2D eigenvalue weighted by Crippen LogP contribution is -2.50. The van der Waals surface area contributed by atoms with Crippen molar-refractivity contribution in [1.82, 2.24) is 9.80 Å². The van der Waals surface area contributed by atoms with Crippen LogP contribution in [0.25, 0.3) is 0 Å². The summed E-state index contributed by atoms with van der Waals surface area (Å²) in [6.45, 7) is 7.09. The van der Waals surface area contributed by atoms with Crippen molar-refractivity contribution < 1.29 is 19.5 Å². The highest BCUT2D eigenvalue weighted by atomic mass is 16.4. The van der Waals surface area contributed by atoms with Gasteiger partial charge in [-0.15, -0.1) is 0 Å². The van der Waals surface area contributed by atoms with Gasteiger partial charge in [-0.1, -0.05) is 6.92 Å². The molecule has 1 aromatic carbocycles. The molecule has 2 N–H and O–H groups in total. The van der Waals surface area contributed by atoms with Gasteiger partial charge in [-0.3, -0.25) is 14.5 Å². The van der Waals surface area contributed by atoms with Gasteiger partial charge in [0.25, 0.3) is 0 Å². The molecular weight excluding hydrogens is 384 g/mol. The average molecular weight is 417 g/mol. The predicted octanol–water partition coefficient (Wildman–Crippen LogP) is 2.26. The molecule has 0 aromatic heterocycles. The number of anilines is 2. The van der Waals surface area contributed by atoms with Gasteiger partial charge in [0.1, 0.15) is 0 Å². The molecule has 0 aliphatic carbocycles. The lowest BCUT2D eigenvalue weighted by atomic mass is 10.1. The molecule has 8 heteroatoms. The first-order valence-corrected chi connectivity index (χ1v) is 10.9. The maximum Gasteiger partial charge on any atom is 0.337 e. The van der Waals surface area contributed by atoms with Crippen LogP contribution in [0.3, 0.4) is 0 Å². The molecule has 2 fully saturated rings. The monoisotopic (exact) mass is 416 g/mol. The third-order valence-corrected chi connectivity index (χ3v) is 5.79. The summed E-state index contributed by atoms with van der Waals surface area (Å²) in [5, 5.41) is 12.3. The predicted molar refractivity (Wildman–Crippen MR) is 116 cm³/mol. The van der Waals surface area contributed by atoms with E-state index in [1.54, 1.807) is 12.1 Å². The molecule has 0 radical (unpaired) electrons. The first kappa shape index (κ1) is 22.1. The molecule has 0 bridgehead atoms. The topological polar surface area (TPSA) is 93.2 Å². The van der Waals surface area contributed by atoms with Crippen molar-refractivity contribution in [3.8, 4) is 0 Å². The van der Waals surface area contributed by atoms with Crippen molar-refractivity contribution in [2.45, 2.75) is 39.0 Å². The number of carbonyl (C=O) groups excluding carboxylic acids is 2. The normalized spacial score (nSPS) is 17.6. The summed E-state index contributed by atoms with van der Waals surface area (Å²) in [7, 11) is 0. The highest BCUT2D eigenvalue weighted by molar-refractivity contribution is 6.01. The van der Waals surface area contributed by atoms with E-state index in [-0.39, 0.29) is 17.4 Å². The van der Waals surface area contributed by atoms with Crippen molar-refractivity contribution >= 4 is 29.2 Å². The molecule has 8 nitrogen and oxygen atoms in total. The fourth-order valence-corrected chi connectivity index (χ4v) is 4.05. The largest absolute Gasteiger partial charge is 0.478 e. The molecule has 2 heterocycles. The van der Waals surface area contributed by atoms with Crippen molar-refractivity contribution in [1.29, 1.82) is 0 Å². The van der Waals surface area contributed by atoms with Gasteiger partial charge in [-0.25, -0.2) is 4.79 Å². The molecule has 2 amide bonds. The number of carboxylic acid groups (broad SMARTS) is 1. The average Bonchev–Trinajstić information content (AvgIpc) is 2.75. The molecule has 0 saturated carbocycles. The summed E-state index contributed by atoms with van der Waals surface area (Å²) in [5.41, 5.74) is 1.25. The number of carbonyl (C=O) groups is 3. The van der Waals surface area contributed by atoms with Gasteiger partial charge >= 0.3 is 5.97 Å². The van der Waals surface area contributed by atoms with Gasteiger partial charge in [-0.2, -0.15) is 0 Å². The van der Waals surface area contributed by atoms with Gasteiger partial charge in [-0.05, 0) is 43.9 Å². The zero-order valence-corrected chi connectivity index (χ0v) is 17.7. The molecule has 0 unspecified atom stereocenters. The van der Waals surface area contributed by atoms with Crippen molar-refractivity contribution in [2.24, 2.45) is 0 Å². The van der Waals surface area contributed by atoms with Crippen LogP contribution >= 0.6 is 0 Å². The second kappa shape index (κ2) is 10.4. The summed E-state index contributed by atoms with van der Waals surface area (Å²) in [4.78, 5) is 42.3. The number of likely N-dealkylation sites (tertiary alicyclic amines) is 1. The Morgan fingerprint density at radius 1 is 1.00 bits per heavy atom. The van der Waals surface area contributed by atoms with Crippen LogP contribution in [-0.2, 0) is 9.59 Å². The number of hydrogen-bond acceptors (Lipinski definition) is 5. The first-order chi connectivity index (χ1) is 14.5. The number of amides is 2. The van der Waals surface area contributed by atoms with Gasteiger partial charge in [0.05, 0.1) is 17.8 Å². The van der Waals surface area contributed by atoms with E-state index < -0.39 is 5.97 Å². The van der Waals surface area contributed by atoms with Gasteiger partial charge in [0, 0.05) is 51.4 Å². The molecule has 3 rings (SSSR count). The minimum Gasteiger partial charge on any atom is -0.478 e. The van der Waals surface area contributed by atoms with E-state index in [0.29, 0.717) is 25.1 Å². The van der Waals surface area contributed by atoms with Crippen LogP contribution in [0.5, 0.6) is 0 Å². The zero-order valence-electron chi connectivity index (χ0n) is 17.7. The minimum absolute atomic E-state index is 0.0969. The van der Waals surface area contributed by atoms with Crippen molar-refractivity contribution in [2.75, 3.05) is 56.0 Å². The molecule has 2 saturated heterocycles. The minimum atomic E-state index is -1.06. The quantitative estimate of drug-likeness (QED) is 0.708.